The molecule has 0 unspecified atom stereocenters. The highest BCUT2D eigenvalue weighted by Gasteiger charge is 2.26. The highest BCUT2D eigenvalue weighted by molar-refractivity contribution is 6.17. The normalized spacial score (nSPS) is 11.7. The Kier molecular flexibility index (Phi) is 4.99. The molecule has 1 rings (SSSR count). The SMILES string of the molecule is FC(F)(CCCCl)NCc1ccccc1. The maximum atomic E-state index is 13.1. The monoisotopic (exact) mass is 233 g/mol. The molecule has 0 bridgehead atoms. The van der Waals surface area contributed by atoms with Gasteiger partial charge >= 0.3 is 6.05 Å². The van der Waals surface area contributed by atoms with Gasteiger partial charge in [0.15, 0.2) is 0 Å². The largest absolute Gasteiger partial charge is 0.302 e. The number of alkyl halides is 3. The fourth-order valence-corrected chi connectivity index (χ4v) is 1.34. The van der Waals surface area contributed by atoms with Gasteiger partial charge < -0.3 is 0 Å². The van der Waals surface area contributed by atoms with Crippen LogP contribution in [0.5, 0.6) is 0 Å². The second-order valence-electron chi connectivity index (χ2n) is 3.34. The molecule has 0 fully saturated rings. The lowest BCUT2D eigenvalue weighted by Crippen LogP contribution is -2.35. The molecule has 0 radical (unpaired) electrons. The standard InChI is InChI=1S/C11H14ClF2N/c12-8-4-7-11(13,14)15-9-10-5-2-1-3-6-10/h1-3,5-6,15H,4,7-9H2. The third-order valence-corrected chi connectivity index (χ3v) is 2.29. The van der Waals surface area contributed by atoms with Gasteiger partial charge in [-0.15, -0.1) is 11.6 Å². The Morgan fingerprint density at radius 1 is 1.20 bits per heavy atom. The van der Waals surface area contributed by atoms with Crippen LogP contribution in [0.15, 0.2) is 30.3 Å². The predicted molar refractivity (Wildman–Crippen MR) is 58.2 cm³/mol. The van der Waals surface area contributed by atoms with E-state index in [1.165, 1.54) is 0 Å². The number of halogens is 3. The van der Waals surface area contributed by atoms with Crippen LogP contribution < -0.4 is 5.32 Å². The smallest absolute Gasteiger partial charge is 0.254 e. The number of hydrogen-bond donors (Lipinski definition) is 1. The van der Waals surface area contributed by atoms with Crippen molar-refractivity contribution in [2.24, 2.45) is 0 Å². The minimum absolute atomic E-state index is 0.177. The van der Waals surface area contributed by atoms with E-state index in [1.807, 2.05) is 30.3 Å². The Balaban J connectivity index is 2.35. The van der Waals surface area contributed by atoms with E-state index in [-0.39, 0.29) is 18.8 Å². The van der Waals surface area contributed by atoms with Gasteiger partial charge in [0.05, 0.1) is 0 Å². The lowest BCUT2D eigenvalue weighted by Gasteiger charge is -2.17. The molecule has 0 aromatic heterocycles. The molecule has 0 aliphatic carbocycles. The number of nitrogens with one attached hydrogen (secondary N) is 1. The van der Waals surface area contributed by atoms with Crippen LogP contribution in [0.3, 0.4) is 0 Å². The van der Waals surface area contributed by atoms with E-state index in [9.17, 15) is 8.78 Å². The summed E-state index contributed by atoms with van der Waals surface area (Å²) < 4.78 is 26.3. The van der Waals surface area contributed by atoms with Crippen LogP contribution in [0.25, 0.3) is 0 Å². The Morgan fingerprint density at radius 3 is 2.47 bits per heavy atom. The molecule has 4 heteroatoms. The van der Waals surface area contributed by atoms with Crippen molar-refractivity contribution in [3.8, 4) is 0 Å². The van der Waals surface area contributed by atoms with Crippen molar-refractivity contribution in [3.63, 3.8) is 0 Å². The van der Waals surface area contributed by atoms with Gasteiger partial charge in [-0.2, -0.15) is 8.78 Å². The molecule has 0 saturated carbocycles. The van der Waals surface area contributed by atoms with Crippen LogP contribution in [0.4, 0.5) is 8.78 Å². The van der Waals surface area contributed by atoms with Crippen molar-refractivity contribution >= 4 is 11.6 Å². The van der Waals surface area contributed by atoms with E-state index in [1.54, 1.807) is 0 Å². The maximum Gasteiger partial charge on any atom is 0.302 e. The molecule has 0 aliphatic rings. The molecule has 0 amide bonds. The van der Waals surface area contributed by atoms with Gasteiger partial charge in [-0.1, -0.05) is 30.3 Å². The summed E-state index contributed by atoms with van der Waals surface area (Å²) in [7, 11) is 0. The summed E-state index contributed by atoms with van der Waals surface area (Å²) in [5.41, 5.74) is 0.850. The third kappa shape index (κ3) is 5.09. The highest BCUT2D eigenvalue weighted by Crippen LogP contribution is 2.17. The van der Waals surface area contributed by atoms with Crippen LogP contribution >= 0.6 is 11.6 Å². The van der Waals surface area contributed by atoms with E-state index in [0.717, 1.165) is 5.56 Å². The first kappa shape index (κ1) is 12.4. The van der Waals surface area contributed by atoms with E-state index in [2.05, 4.69) is 5.32 Å². The van der Waals surface area contributed by atoms with Crippen molar-refractivity contribution < 1.29 is 8.78 Å². The first-order valence-corrected chi connectivity index (χ1v) is 5.40. The van der Waals surface area contributed by atoms with Gasteiger partial charge in [0.1, 0.15) is 0 Å². The maximum absolute atomic E-state index is 13.1. The molecule has 1 nitrogen and oxygen atoms in total. The van der Waals surface area contributed by atoms with Gasteiger partial charge in [0.25, 0.3) is 0 Å². The second kappa shape index (κ2) is 6.03. The fourth-order valence-electron chi connectivity index (χ4n) is 1.20. The van der Waals surface area contributed by atoms with Crippen molar-refractivity contribution in [2.75, 3.05) is 5.88 Å². The van der Waals surface area contributed by atoms with E-state index < -0.39 is 6.05 Å². The zero-order valence-electron chi connectivity index (χ0n) is 8.35. The highest BCUT2D eigenvalue weighted by atomic mass is 35.5. The van der Waals surface area contributed by atoms with E-state index in [0.29, 0.717) is 6.42 Å². The molecule has 0 heterocycles. The first-order valence-electron chi connectivity index (χ1n) is 4.87. The number of rotatable bonds is 6. The van der Waals surface area contributed by atoms with Crippen LogP contribution in [0.2, 0.25) is 0 Å². The summed E-state index contributed by atoms with van der Waals surface area (Å²) in [5, 5.41) is 2.22. The summed E-state index contributed by atoms with van der Waals surface area (Å²) in [6.07, 6.45) is 0.0969. The quantitative estimate of drug-likeness (QED) is 0.587. The zero-order chi connectivity index (χ0) is 11.1. The van der Waals surface area contributed by atoms with Crippen molar-refractivity contribution in [1.82, 2.24) is 5.32 Å². The minimum atomic E-state index is -2.83. The molecule has 15 heavy (non-hydrogen) atoms. The minimum Gasteiger partial charge on any atom is -0.254 e. The lowest BCUT2D eigenvalue weighted by molar-refractivity contribution is -0.0447. The zero-order valence-corrected chi connectivity index (χ0v) is 9.11. The summed E-state index contributed by atoms with van der Waals surface area (Å²) >= 11 is 5.36. The van der Waals surface area contributed by atoms with Gasteiger partial charge in [0.2, 0.25) is 0 Å². The van der Waals surface area contributed by atoms with Gasteiger partial charge in [-0.3, -0.25) is 5.32 Å². The average Bonchev–Trinajstić information content (AvgIpc) is 2.25. The molecule has 1 N–H and O–H groups in total. The molecular formula is C11H14ClF2N. The van der Waals surface area contributed by atoms with E-state index in [4.69, 9.17) is 11.6 Å². The Bertz CT molecular complexity index is 277. The van der Waals surface area contributed by atoms with Gasteiger partial charge in [-0.25, -0.2) is 0 Å². The van der Waals surface area contributed by atoms with Crippen LogP contribution in [0.1, 0.15) is 18.4 Å². The Hall–Kier alpha value is -0.670. The van der Waals surface area contributed by atoms with Crippen molar-refractivity contribution in [2.45, 2.75) is 25.4 Å². The Morgan fingerprint density at radius 2 is 1.87 bits per heavy atom. The average molecular weight is 234 g/mol. The molecule has 84 valence electrons. The van der Waals surface area contributed by atoms with Crippen molar-refractivity contribution in [1.29, 1.82) is 0 Å². The number of benzene rings is 1. The van der Waals surface area contributed by atoms with Crippen LogP contribution in [-0.2, 0) is 6.54 Å². The van der Waals surface area contributed by atoms with Crippen molar-refractivity contribution in [3.05, 3.63) is 35.9 Å². The molecule has 1 aromatic rings. The Labute approximate surface area is 93.4 Å². The summed E-state index contributed by atoms with van der Waals surface area (Å²) in [6, 6.07) is 6.30. The van der Waals surface area contributed by atoms with Crippen LogP contribution in [-0.4, -0.2) is 11.9 Å². The van der Waals surface area contributed by atoms with Crippen LogP contribution in [0, 0.1) is 0 Å². The molecule has 0 aliphatic heterocycles. The molecule has 0 spiro atoms. The second-order valence-corrected chi connectivity index (χ2v) is 3.71. The topological polar surface area (TPSA) is 12.0 Å². The molecule has 0 saturated heterocycles. The predicted octanol–water partition coefficient (Wildman–Crippen LogP) is 3.39. The first-order chi connectivity index (χ1) is 7.14. The molecular weight excluding hydrogens is 220 g/mol. The number of hydrogen-bond acceptors (Lipinski definition) is 1. The lowest BCUT2D eigenvalue weighted by atomic mass is 10.2. The van der Waals surface area contributed by atoms with Gasteiger partial charge in [-0.05, 0) is 12.0 Å². The summed E-state index contributed by atoms with van der Waals surface area (Å²) in [6.45, 7) is 0.177. The summed E-state index contributed by atoms with van der Waals surface area (Å²) in [4.78, 5) is 0. The molecule has 1 aromatic carbocycles. The summed E-state index contributed by atoms with van der Waals surface area (Å²) in [5.74, 6) is 0.266. The van der Waals surface area contributed by atoms with Gasteiger partial charge in [0, 0.05) is 18.8 Å². The molecule has 0 atom stereocenters. The third-order valence-electron chi connectivity index (χ3n) is 2.02. The van der Waals surface area contributed by atoms with E-state index >= 15 is 0 Å². The fraction of sp³-hybridized carbons (Fsp3) is 0.455.